The molecule has 5 nitrogen and oxygen atoms in total. The monoisotopic (exact) mass is 316 g/mol. The molecule has 0 unspecified atom stereocenters. The molecular weight excluding hydrogens is 292 g/mol. The first-order valence-electron chi connectivity index (χ1n) is 8.61. The highest BCUT2D eigenvalue weighted by molar-refractivity contribution is 5.83. The normalized spacial score (nSPS) is 27.2. The van der Waals surface area contributed by atoms with Crippen molar-refractivity contribution in [1.29, 1.82) is 0 Å². The molecule has 0 bridgehead atoms. The van der Waals surface area contributed by atoms with Gasteiger partial charge in [0.15, 0.2) is 11.5 Å². The number of carbonyl (C=O) groups is 1. The predicted molar refractivity (Wildman–Crippen MR) is 86.6 cm³/mol. The Hall–Kier alpha value is -1.75. The number of carbonyl (C=O) groups excluding carboxylic acids is 1. The van der Waals surface area contributed by atoms with Crippen LogP contribution in [0.4, 0.5) is 0 Å². The number of aromatic hydroxyl groups is 1. The first kappa shape index (κ1) is 14.8. The highest BCUT2D eigenvalue weighted by Gasteiger charge is 2.40. The minimum Gasteiger partial charge on any atom is -0.504 e. The van der Waals surface area contributed by atoms with E-state index in [-0.39, 0.29) is 23.7 Å². The highest BCUT2D eigenvalue weighted by Crippen LogP contribution is 2.39. The summed E-state index contributed by atoms with van der Waals surface area (Å²) in [5, 5.41) is 13.4. The Labute approximate surface area is 136 Å². The molecule has 1 amide bonds. The molecule has 0 aromatic heterocycles. The van der Waals surface area contributed by atoms with Crippen LogP contribution in [0.1, 0.15) is 42.9 Å². The number of methoxy groups -OCH3 is 1. The standard InChI is InChI=1S/C18H24N2O3/c1-23-17-9-13-12(8-16(17)21)5-6-20-15(13)10-19-14(18(20)22)7-11-3-2-4-11/h8-9,11,14-15,19,21H,2-7,10H2,1H3/t14-,15+/m1/s1. The maximum Gasteiger partial charge on any atom is 0.240 e. The quantitative estimate of drug-likeness (QED) is 0.895. The van der Waals surface area contributed by atoms with Gasteiger partial charge in [-0.3, -0.25) is 4.79 Å². The minimum absolute atomic E-state index is 0.0166. The lowest BCUT2D eigenvalue weighted by molar-refractivity contribution is -0.140. The number of rotatable bonds is 3. The molecule has 1 aromatic rings. The van der Waals surface area contributed by atoms with E-state index in [4.69, 9.17) is 4.74 Å². The van der Waals surface area contributed by atoms with Crippen LogP contribution in [0.5, 0.6) is 11.5 Å². The number of hydrogen-bond acceptors (Lipinski definition) is 4. The van der Waals surface area contributed by atoms with Crippen LogP contribution in [-0.4, -0.2) is 42.2 Å². The summed E-state index contributed by atoms with van der Waals surface area (Å²) in [4.78, 5) is 14.9. The van der Waals surface area contributed by atoms with Crippen LogP contribution in [-0.2, 0) is 11.2 Å². The summed E-state index contributed by atoms with van der Waals surface area (Å²) in [6.45, 7) is 1.52. The zero-order valence-electron chi connectivity index (χ0n) is 13.5. The van der Waals surface area contributed by atoms with Crippen LogP contribution in [0.3, 0.4) is 0 Å². The van der Waals surface area contributed by atoms with E-state index in [9.17, 15) is 9.90 Å². The van der Waals surface area contributed by atoms with Crippen molar-refractivity contribution in [2.45, 2.75) is 44.2 Å². The Bertz CT molecular complexity index is 627. The summed E-state index contributed by atoms with van der Waals surface area (Å²) in [6.07, 6.45) is 5.63. The fourth-order valence-corrected chi connectivity index (χ4v) is 4.15. The van der Waals surface area contributed by atoms with Crippen molar-refractivity contribution in [3.8, 4) is 11.5 Å². The average Bonchev–Trinajstić information content (AvgIpc) is 2.51. The van der Waals surface area contributed by atoms with Gasteiger partial charge in [-0.2, -0.15) is 0 Å². The van der Waals surface area contributed by atoms with Crippen LogP contribution in [0.15, 0.2) is 12.1 Å². The van der Waals surface area contributed by atoms with Crippen molar-refractivity contribution in [2.75, 3.05) is 20.2 Å². The zero-order valence-corrected chi connectivity index (χ0v) is 13.5. The van der Waals surface area contributed by atoms with Crippen molar-refractivity contribution in [2.24, 2.45) is 5.92 Å². The van der Waals surface area contributed by atoms with Gasteiger partial charge in [0.25, 0.3) is 0 Å². The summed E-state index contributed by atoms with van der Waals surface area (Å²) < 4.78 is 5.24. The van der Waals surface area contributed by atoms with Crippen LogP contribution in [0.25, 0.3) is 0 Å². The predicted octanol–water partition coefficient (Wildman–Crippen LogP) is 1.99. The summed E-state index contributed by atoms with van der Waals surface area (Å²) in [6, 6.07) is 3.72. The second-order valence-corrected chi connectivity index (χ2v) is 7.01. The Morgan fingerprint density at radius 3 is 2.91 bits per heavy atom. The number of amides is 1. The number of hydrogen-bond donors (Lipinski definition) is 2. The third-order valence-electron chi connectivity index (χ3n) is 5.73. The molecule has 3 aliphatic rings. The van der Waals surface area contributed by atoms with Gasteiger partial charge < -0.3 is 20.1 Å². The summed E-state index contributed by atoms with van der Waals surface area (Å²) in [5.41, 5.74) is 2.23. The van der Waals surface area contributed by atoms with Gasteiger partial charge in [0, 0.05) is 13.1 Å². The molecule has 1 aromatic carbocycles. The van der Waals surface area contributed by atoms with Crippen molar-refractivity contribution < 1.29 is 14.6 Å². The van der Waals surface area contributed by atoms with E-state index in [0.717, 1.165) is 43.0 Å². The summed E-state index contributed by atoms with van der Waals surface area (Å²) in [5.74, 6) is 1.63. The number of phenols is 1. The first-order chi connectivity index (χ1) is 11.2. The second kappa shape index (κ2) is 5.71. The van der Waals surface area contributed by atoms with E-state index >= 15 is 0 Å². The van der Waals surface area contributed by atoms with Gasteiger partial charge in [-0.25, -0.2) is 0 Å². The van der Waals surface area contributed by atoms with Crippen LogP contribution in [0, 0.1) is 5.92 Å². The first-order valence-corrected chi connectivity index (χ1v) is 8.61. The third kappa shape index (κ3) is 2.47. The van der Waals surface area contributed by atoms with E-state index in [1.165, 1.54) is 19.3 Å². The van der Waals surface area contributed by atoms with Crippen LogP contribution >= 0.6 is 0 Å². The SMILES string of the molecule is COc1cc2c(cc1O)CCN1C(=O)[C@@H](CC3CCC3)NC[C@@H]21. The highest BCUT2D eigenvalue weighted by atomic mass is 16.5. The van der Waals surface area contributed by atoms with Crippen LogP contribution in [0.2, 0.25) is 0 Å². The summed E-state index contributed by atoms with van der Waals surface area (Å²) in [7, 11) is 1.56. The van der Waals surface area contributed by atoms with Crippen molar-refractivity contribution in [1.82, 2.24) is 10.2 Å². The van der Waals surface area contributed by atoms with Gasteiger partial charge in [0.2, 0.25) is 5.91 Å². The smallest absolute Gasteiger partial charge is 0.240 e. The second-order valence-electron chi connectivity index (χ2n) is 7.01. The molecule has 4 rings (SSSR count). The van der Waals surface area contributed by atoms with Crippen LogP contribution < -0.4 is 10.1 Å². The fourth-order valence-electron chi connectivity index (χ4n) is 4.15. The van der Waals surface area contributed by atoms with Crippen molar-refractivity contribution in [3.63, 3.8) is 0 Å². The molecule has 124 valence electrons. The van der Waals surface area contributed by atoms with Gasteiger partial charge in [-0.1, -0.05) is 19.3 Å². The fraction of sp³-hybridized carbons (Fsp3) is 0.611. The van der Waals surface area contributed by atoms with Gasteiger partial charge in [-0.15, -0.1) is 0 Å². The van der Waals surface area contributed by atoms with Gasteiger partial charge >= 0.3 is 0 Å². The number of fused-ring (bicyclic) bond motifs is 3. The van der Waals surface area contributed by atoms with E-state index in [1.807, 2.05) is 11.0 Å². The molecule has 0 radical (unpaired) electrons. The van der Waals surface area contributed by atoms with Crippen molar-refractivity contribution >= 4 is 5.91 Å². The topological polar surface area (TPSA) is 61.8 Å². The Morgan fingerprint density at radius 2 is 2.22 bits per heavy atom. The lowest BCUT2D eigenvalue weighted by atomic mass is 9.79. The molecule has 2 aliphatic heterocycles. The minimum atomic E-state index is -0.0166. The number of piperazine rings is 1. The average molecular weight is 316 g/mol. The molecule has 2 atom stereocenters. The number of nitrogens with one attached hydrogen (secondary N) is 1. The molecule has 23 heavy (non-hydrogen) atoms. The third-order valence-corrected chi connectivity index (χ3v) is 5.73. The van der Waals surface area contributed by atoms with E-state index < -0.39 is 0 Å². The summed E-state index contributed by atoms with van der Waals surface area (Å²) >= 11 is 0. The molecule has 2 fully saturated rings. The Morgan fingerprint density at radius 1 is 1.39 bits per heavy atom. The number of phenolic OH excluding ortho intramolecular Hbond substituents is 1. The van der Waals surface area contributed by atoms with E-state index in [0.29, 0.717) is 5.75 Å². The molecule has 2 N–H and O–H groups in total. The zero-order chi connectivity index (χ0) is 16.0. The van der Waals surface area contributed by atoms with Gasteiger partial charge in [-0.05, 0) is 42.0 Å². The van der Waals surface area contributed by atoms with Gasteiger partial charge in [0.1, 0.15) is 0 Å². The Balaban J connectivity index is 1.57. The molecule has 5 heteroatoms. The largest absolute Gasteiger partial charge is 0.504 e. The maximum absolute atomic E-state index is 12.8. The molecule has 1 aliphatic carbocycles. The molecule has 1 saturated carbocycles. The van der Waals surface area contributed by atoms with E-state index in [2.05, 4.69) is 5.32 Å². The van der Waals surface area contributed by atoms with Crippen molar-refractivity contribution in [3.05, 3.63) is 23.3 Å². The number of benzene rings is 1. The lowest BCUT2D eigenvalue weighted by Crippen LogP contribution is -2.58. The molecule has 2 heterocycles. The molecule has 1 saturated heterocycles. The molecular formula is C18H24N2O3. The Kier molecular flexibility index (Phi) is 3.68. The van der Waals surface area contributed by atoms with E-state index in [1.54, 1.807) is 13.2 Å². The molecule has 0 spiro atoms. The lowest BCUT2D eigenvalue weighted by Gasteiger charge is -2.45. The van der Waals surface area contributed by atoms with Gasteiger partial charge in [0.05, 0.1) is 19.2 Å². The number of ether oxygens (including phenoxy) is 1. The maximum atomic E-state index is 12.8. The number of nitrogens with zero attached hydrogens (tertiary/aromatic N) is 1.